The lowest BCUT2D eigenvalue weighted by Gasteiger charge is -2.29. The Balaban J connectivity index is 1.77. The highest BCUT2D eigenvalue weighted by Gasteiger charge is 2.33. The first-order chi connectivity index (χ1) is 11.6. The Bertz CT molecular complexity index is 656. The number of nitrogens with zero attached hydrogens (tertiary/aromatic N) is 1. The monoisotopic (exact) mass is 324 g/mol. The van der Waals surface area contributed by atoms with Crippen LogP contribution in [0.15, 0.2) is 60.7 Å². The summed E-state index contributed by atoms with van der Waals surface area (Å²) in [7, 11) is 1.90. The van der Waals surface area contributed by atoms with Crippen molar-refractivity contribution in [3.05, 3.63) is 66.2 Å². The third kappa shape index (κ3) is 4.22. The van der Waals surface area contributed by atoms with Gasteiger partial charge in [0.05, 0.1) is 6.10 Å². The Labute approximate surface area is 143 Å². The number of aliphatic hydroxyl groups excluding tert-OH is 1. The standard InChI is InChI=1S/C20H24N2O2/c1-22(14-18(23)15-12-13-15)19(16-8-4-2-5-9-16)20(24)21-17-10-6-3-7-11-17/h2-11,15,18-19,23H,12-14H2,1H3,(H,21,24). The molecular weight excluding hydrogens is 300 g/mol. The second-order valence-electron chi connectivity index (χ2n) is 6.51. The topological polar surface area (TPSA) is 52.6 Å². The van der Waals surface area contributed by atoms with E-state index in [1.54, 1.807) is 0 Å². The Morgan fingerprint density at radius 3 is 2.29 bits per heavy atom. The van der Waals surface area contributed by atoms with Gasteiger partial charge in [-0.15, -0.1) is 0 Å². The second-order valence-corrected chi connectivity index (χ2v) is 6.51. The summed E-state index contributed by atoms with van der Waals surface area (Å²) in [6.45, 7) is 0.492. The van der Waals surface area contributed by atoms with Gasteiger partial charge in [0.2, 0.25) is 5.91 Å². The lowest BCUT2D eigenvalue weighted by Crippen LogP contribution is -2.39. The number of hydrogen-bond acceptors (Lipinski definition) is 3. The summed E-state index contributed by atoms with van der Waals surface area (Å²) in [4.78, 5) is 14.8. The van der Waals surface area contributed by atoms with E-state index in [0.717, 1.165) is 24.1 Å². The predicted molar refractivity (Wildman–Crippen MR) is 95.6 cm³/mol. The average molecular weight is 324 g/mol. The van der Waals surface area contributed by atoms with Crippen LogP contribution in [0.2, 0.25) is 0 Å². The van der Waals surface area contributed by atoms with Gasteiger partial charge in [0, 0.05) is 12.2 Å². The highest BCUT2D eigenvalue weighted by atomic mass is 16.3. The number of benzene rings is 2. The van der Waals surface area contributed by atoms with Gasteiger partial charge < -0.3 is 10.4 Å². The van der Waals surface area contributed by atoms with Crippen molar-refractivity contribution in [2.75, 3.05) is 18.9 Å². The highest BCUT2D eigenvalue weighted by molar-refractivity contribution is 5.95. The van der Waals surface area contributed by atoms with Crippen molar-refractivity contribution >= 4 is 11.6 Å². The maximum absolute atomic E-state index is 12.9. The molecule has 0 heterocycles. The Hall–Kier alpha value is -2.17. The van der Waals surface area contributed by atoms with Crippen LogP contribution in [0.4, 0.5) is 5.69 Å². The van der Waals surface area contributed by atoms with Gasteiger partial charge in [-0.1, -0.05) is 48.5 Å². The molecular formula is C20H24N2O2. The number of amides is 1. The minimum absolute atomic E-state index is 0.0853. The van der Waals surface area contributed by atoms with E-state index in [0.29, 0.717) is 12.5 Å². The molecule has 2 aromatic carbocycles. The number of likely N-dealkylation sites (N-methyl/N-ethyl adjacent to an activating group) is 1. The molecule has 2 atom stereocenters. The third-order valence-electron chi connectivity index (χ3n) is 4.49. The van der Waals surface area contributed by atoms with Gasteiger partial charge in [0.15, 0.2) is 0 Å². The van der Waals surface area contributed by atoms with Gasteiger partial charge in [-0.2, -0.15) is 0 Å². The van der Waals surface area contributed by atoms with E-state index in [4.69, 9.17) is 0 Å². The van der Waals surface area contributed by atoms with E-state index in [1.807, 2.05) is 72.6 Å². The van der Waals surface area contributed by atoms with Crippen molar-refractivity contribution < 1.29 is 9.90 Å². The van der Waals surface area contributed by atoms with Gasteiger partial charge >= 0.3 is 0 Å². The molecule has 1 amide bonds. The average Bonchev–Trinajstić information content (AvgIpc) is 3.42. The molecule has 0 radical (unpaired) electrons. The largest absolute Gasteiger partial charge is 0.392 e. The van der Waals surface area contributed by atoms with Crippen LogP contribution in [0.1, 0.15) is 24.4 Å². The molecule has 1 fully saturated rings. The Morgan fingerprint density at radius 1 is 1.12 bits per heavy atom. The summed E-state index contributed by atoms with van der Waals surface area (Å²) < 4.78 is 0. The summed E-state index contributed by atoms with van der Waals surface area (Å²) in [5.41, 5.74) is 1.70. The molecule has 126 valence electrons. The van der Waals surface area contributed by atoms with Crippen LogP contribution < -0.4 is 5.32 Å². The summed E-state index contributed by atoms with van der Waals surface area (Å²) in [6.07, 6.45) is 1.80. The Morgan fingerprint density at radius 2 is 1.71 bits per heavy atom. The zero-order valence-electron chi connectivity index (χ0n) is 13.9. The molecule has 1 saturated carbocycles. The van der Waals surface area contributed by atoms with Crippen LogP contribution in [0.5, 0.6) is 0 Å². The maximum atomic E-state index is 12.9. The zero-order chi connectivity index (χ0) is 16.9. The van der Waals surface area contributed by atoms with Crippen LogP contribution in [-0.2, 0) is 4.79 Å². The molecule has 4 nitrogen and oxygen atoms in total. The molecule has 0 bridgehead atoms. The number of carbonyl (C=O) groups excluding carboxylic acids is 1. The van der Waals surface area contributed by atoms with Gasteiger partial charge in [-0.05, 0) is 43.5 Å². The van der Waals surface area contributed by atoms with Crippen molar-refractivity contribution in [2.24, 2.45) is 5.92 Å². The first kappa shape index (κ1) is 16.7. The summed E-state index contributed by atoms with van der Waals surface area (Å²) in [5, 5.41) is 13.2. The van der Waals surface area contributed by atoms with E-state index in [-0.39, 0.29) is 12.0 Å². The number of hydrogen-bond donors (Lipinski definition) is 2. The van der Waals surface area contributed by atoms with Gasteiger partial charge in [-0.25, -0.2) is 0 Å². The van der Waals surface area contributed by atoms with E-state index in [2.05, 4.69) is 5.32 Å². The van der Waals surface area contributed by atoms with Crippen LogP contribution >= 0.6 is 0 Å². The SMILES string of the molecule is CN(CC(O)C1CC1)C(C(=O)Nc1ccccc1)c1ccccc1. The highest BCUT2D eigenvalue weighted by Crippen LogP contribution is 2.33. The van der Waals surface area contributed by atoms with E-state index in [9.17, 15) is 9.90 Å². The number of rotatable bonds is 7. The summed E-state index contributed by atoms with van der Waals surface area (Å²) >= 11 is 0. The molecule has 0 spiro atoms. The summed E-state index contributed by atoms with van der Waals surface area (Å²) in [6, 6.07) is 18.7. The van der Waals surface area contributed by atoms with E-state index >= 15 is 0 Å². The normalized spacial score (nSPS) is 16.6. The number of nitrogens with one attached hydrogen (secondary N) is 1. The minimum Gasteiger partial charge on any atom is -0.392 e. The molecule has 4 heteroatoms. The number of aliphatic hydroxyl groups is 1. The molecule has 24 heavy (non-hydrogen) atoms. The fraction of sp³-hybridized carbons (Fsp3) is 0.350. The summed E-state index contributed by atoms with van der Waals surface area (Å²) in [5.74, 6) is 0.305. The molecule has 2 aromatic rings. The molecule has 2 unspecified atom stereocenters. The molecule has 3 rings (SSSR count). The second kappa shape index (κ2) is 7.60. The van der Waals surface area contributed by atoms with Crippen molar-refractivity contribution in [3.63, 3.8) is 0 Å². The molecule has 2 N–H and O–H groups in total. The fourth-order valence-corrected chi connectivity index (χ4v) is 3.00. The molecule has 0 aromatic heterocycles. The van der Waals surface area contributed by atoms with Gasteiger partial charge in [0.1, 0.15) is 6.04 Å². The maximum Gasteiger partial charge on any atom is 0.246 e. The van der Waals surface area contributed by atoms with Crippen molar-refractivity contribution in [1.29, 1.82) is 0 Å². The molecule has 1 aliphatic rings. The quantitative estimate of drug-likeness (QED) is 0.823. The first-order valence-corrected chi connectivity index (χ1v) is 8.44. The van der Waals surface area contributed by atoms with E-state index in [1.165, 1.54) is 0 Å². The first-order valence-electron chi connectivity index (χ1n) is 8.44. The predicted octanol–water partition coefficient (Wildman–Crippen LogP) is 3.07. The van der Waals surface area contributed by atoms with E-state index < -0.39 is 6.04 Å². The van der Waals surface area contributed by atoms with Crippen LogP contribution in [0, 0.1) is 5.92 Å². The van der Waals surface area contributed by atoms with Crippen LogP contribution in [0.25, 0.3) is 0 Å². The lowest BCUT2D eigenvalue weighted by atomic mass is 10.0. The zero-order valence-corrected chi connectivity index (χ0v) is 13.9. The van der Waals surface area contributed by atoms with Crippen molar-refractivity contribution in [3.8, 4) is 0 Å². The number of anilines is 1. The smallest absolute Gasteiger partial charge is 0.246 e. The fourth-order valence-electron chi connectivity index (χ4n) is 3.00. The van der Waals surface area contributed by atoms with Crippen molar-refractivity contribution in [1.82, 2.24) is 4.90 Å². The third-order valence-corrected chi connectivity index (χ3v) is 4.49. The van der Waals surface area contributed by atoms with Gasteiger partial charge in [0.25, 0.3) is 0 Å². The Kier molecular flexibility index (Phi) is 5.28. The molecule has 1 aliphatic carbocycles. The molecule has 0 saturated heterocycles. The van der Waals surface area contributed by atoms with Crippen LogP contribution in [0.3, 0.4) is 0 Å². The van der Waals surface area contributed by atoms with Crippen molar-refractivity contribution in [2.45, 2.75) is 25.0 Å². The molecule has 0 aliphatic heterocycles. The van der Waals surface area contributed by atoms with Gasteiger partial charge in [-0.3, -0.25) is 9.69 Å². The van der Waals surface area contributed by atoms with Crippen LogP contribution in [-0.4, -0.2) is 35.6 Å². The number of para-hydroxylation sites is 1. The number of carbonyl (C=O) groups is 1. The minimum atomic E-state index is -0.431. The lowest BCUT2D eigenvalue weighted by molar-refractivity contribution is -0.121.